The number of amides is 1. The molecule has 1 amide bonds. The fourth-order valence-electron chi connectivity index (χ4n) is 2.49. The highest BCUT2D eigenvalue weighted by atomic mass is 16.1. The molecule has 118 valence electrons. The van der Waals surface area contributed by atoms with Gasteiger partial charge in [0, 0.05) is 25.4 Å². The number of likely N-dealkylation sites (N-methyl/N-ethyl adjacent to an activating group) is 1. The molecule has 0 heterocycles. The molecule has 0 spiro atoms. The Kier molecular flexibility index (Phi) is 7.44. The van der Waals surface area contributed by atoms with Crippen molar-refractivity contribution >= 4 is 5.91 Å². The third-order valence-electron chi connectivity index (χ3n) is 3.55. The summed E-state index contributed by atoms with van der Waals surface area (Å²) in [5, 5.41) is 3.02. The van der Waals surface area contributed by atoms with Crippen LogP contribution in [0.15, 0.2) is 24.3 Å². The van der Waals surface area contributed by atoms with Crippen molar-refractivity contribution in [3.8, 4) is 0 Å². The topological polar surface area (TPSA) is 32.3 Å². The minimum absolute atomic E-state index is 0.121. The van der Waals surface area contributed by atoms with Crippen LogP contribution in [0.1, 0.15) is 44.2 Å². The zero-order chi connectivity index (χ0) is 15.8. The van der Waals surface area contributed by atoms with Crippen LogP contribution in [-0.2, 0) is 11.2 Å². The molecule has 0 radical (unpaired) electrons. The lowest BCUT2D eigenvalue weighted by molar-refractivity contribution is -0.120. The zero-order valence-corrected chi connectivity index (χ0v) is 14.1. The molecule has 1 aromatic rings. The summed E-state index contributed by atoms with van der Waals surface area (Å²) in [5.74, 6) is 1.14. The van der Waals surface area contributed by atoms with E-state index in [0.717, 1.165) is 13.0 Å². The standard InChI is InChI=1S/C18H30N2O/c1-6-18(21)19-12-17(13-20(4)5)16-9-7-15(8-10-16)11-14(2)3/h7-10,14,17H,6,11-13H2,1-5H3,(H,19,21)/t17-/m1/s1. The van der Waals surface area contributed by atoms with Gasteiger partial charge >= 0.3 is 0 Å². The van der Waals surface area contributed by atoms with Gasteiger partial charge in [0.15, 0.2) is 0 Å². The molecule has 0 unspecified atom stereocenters. The maximum absolute atomic E-state index is 11.5. The Morgan fingerprint density at radius 2 is 1.81 bits per heavy atom. The Labute approximate surface area is 129 Å². The van der Waals surface area contributed by atoms with Gasteiger partial charge < -0.3 is 10.2 Å². The smallest absolute Gasteiger partial charge is 0.219 e. The lowest BCUT2D eigenvalue weighted by atomic mass is 9.95. The number of carbonyl (C=O) groups excluding carboxylic acids is 1. The molecular formula is C18H30N2O. The Morgan fingerprint density at radius 3 is 2.29 bits per heavy atom. The SMILES string of the molecule is CCC(=O)NC[C@H](CN(C)C)c1ccc(CC(C)C)cc1. The normalized spacial score (nSPS) is 12.7. The Bertz CT molecular complexity index is 423. The third kappa shape index (κ3) is 6.76. The molecule has 21 heavy (non-hydrogen) atoms. The van der Waals surface area contributed by atoms with Crippen LogP contribution in [0.5, 0.6) is 0 Å². The molecule has 1 rings (SSSR count). The minimum atomic E-state index is 0.121. The molecule has 0 aliphatic heterocycles. The predicted octanol–water partition coefficient (Wildman–Crippen LogP) is 3.06. The van der Waals surface area contributed by atoms with Crippen LogP contribution in [0.3, 0.4) is 0 Å². The molecule has 0 aliphatic carbocycles. The van der Waals surface area contributed by atoms with Crippen molar-refractivity contribution in [2.75, 3.05) is 27.2 Å². The van der Waals surface area contributed by atoms with Crippen molar-refractivity contribution in [2.24, 2.45) is 5.92 Å². The second-order valence-electron chi connectivity index (χ2n) is 6.46. The summed E-state index contributed by atoms with van der Waals surface area (Å²) < 4.78 is 0. The summed E-state index contributed by atoms with van der Waals surface area (Å²) in [5.41, 5.74) is 2.68. The molecule has 1 atom stereocenters. The zero-order valence-electron chi connectivity index (χ0n) is 14.1. The molecule has 1 N–H and O–H groups in total. The van der Waals surface area contributed by atoms with Crippen LogP contribution in [-0.4, -0.2) is 38.0 Å². The van der Waals surface area contributed by atoms with Gasteiger partial charge in [-0.05, 0) is 37.6 Å². The molecule has 0 aliphatic rings. The highest BCUT2D eigenvalue weighted by Crippen LogP contribution is 2.18. The van der Waals surface area contributed by atoms with E-state index >= 15 is 0 Å². The molecule has 0 saturated carbocycles. The van der Waals surface area contributed by atoms with Crippen LogP contribution >= 0.6 is 0 Å². The lowest BCUT2D eigenvalue weighted by Crippen LogP contribution is -2.32. The number of nitrogens with one attached hydrogen (secondary N) is 1. The van der Waals surface area contributed by atoms with Crippen molar-refractivity contribution in [1.82, 2.24) is 10.2 Å². The first kappa shape index (κ1) is 17.7. The number of nitrogens with zero attached hydrogens (tertiary/aromatic N) is 1. The van der Waals surface area contributed by atoms with Crippen molar-refractivity contribution in [1.29, 1.82) is 0 Å². The molecule has 0 saturated heterocycles. The van der Waals surface area contributed by atoms with E-state index in [2.05, 4.69) is 62.4 Å². The van der Waals surface area contributed by atoms with Gasteiger partial charge in [-0.1, -0.05) is 45.0 Å². The molecule has 0 fully saturated rings. The van der Waals surface area contributed by atoms with Crippen molar-refractivity contribution in [3.05, 3.63) is 35.4 Å². The van der Waals surface area contributed by atoms with Gasteiger partial charge in [-0.25, -0.2) is 0 Å². The first-order valence-electron chi connectivity index (χ1n) is 7.92. The van der Waals surface area contributed by atoms with Crippen LogP contribution in [0.2, 0.25) is 0 Å². The molecular weight excluding hydrogens is 260 g/mol. The third-order valence-corrected chi connectivity index (χ3v) is 3.55. The van der Waals surface area contributed by atoms with Gasteiger partial charge in [-0.3, -0.25) is 4.79 Å². The van der Waals surface area contributed by atoms with E-state index in [1.807, 2.05) is 6.92 Å². The lowest BCUT2D eigenvalue weighted by Gasteiger charge is -2.22. The van der Waals surface area contributed by atoms with Crippen LogP contribution in [0.25, 0.3) is 0 Å². The van der Waals surface area contributed by atoms with Crippen LogP contribution in [0.4, 0.5) is 0 Å². The molecule has 1 aromatic carbocycles. The predicted molar refractivity (Wildman–Crippen MR) is 89.6 cm³/mol. The van der Waals surface area contributed by atoms with E-state index < -0.39 is 0 Å². The second-order valence-corrected chi connectivity index (χ2v) is 6.46. The summed E-state index contributed by atoms with van der Waals surface area (Å²) in [7, 11) is 4.14. The molecule has 0 aromatic heterocycles. The van der Waals surface area contributed by atoms with Gasteiger partial charge in [-0.15, -0.1) is 0 Å². The van der Waals surface area contributed by atoms with Gasteiger partial charge in [0.1, 0.15) is 0 Å². The first-order chi connectivity index (χ1) is 9.92. The number of carbonyl (C=O) groups is 1. The Morgan fingerprint density at radius 1 is 1.19 bits per heavy atom. The number of rotatable bonds is 8. The van der Waals surface area contributed by atoms with E-state index in [9.17, 15) is 4.79 Å². The summed E-state index contributed by atoms with van der Waals surface area (Å²) >= 11 is 0. The summed E-state index contributed by atoms with van der Waals surface area (Å²) in [6, 6.07) is 8.87. The van der Waals surface area contributed by atoms with E-state index in [4.69, 9.17) is 0 Å². The van der Waals surface area contributed by atoms with Crippen molar-refractivity contribution < 1.29 is 4.79 Å². The quantitative estimate of drug-likeness (QED) is 0.798. The van der Waals surface area contributed by atoms with E-state index in [-0.39, 0.29) is 5.91 Å². The molecule has 3 heteroatoms. The maximum atomic E-state index is 11.5. The van der Waals surface area contributed by atoms with Crippen LogP contribution in [0, 0.1) is 5.92 Å². The minimum Gasteiger partial charge on any atom is -0.355 e. The van der Waals surface area contributed by atoms with E-state index in [1.54, 1.807) is 0 Å². The maximum Gasteiger partial charge on any atom is 0.219 e. The van der Waals surface area contributed by atoms with E-state index in [1.165, 1.54) is 11.1 Å². The fourth-order valence-corrected chi connectivity index (χ4v) is 2.49. The fraction of sp³-hybridized carbons (Fsp3) is 0.611. The van der Waals surface area contributed by atoms with Gasteiger partial charge in [0.25, 0.3) is 0 Å². The Hall–Kier alpha value is -1.35. The summed E-state index contributed by atoms with van der Waals surface area (Å²) in [4.78, 5) is 13.7. The van der Waals surface area contributed by atoms with Gasteiger partial charge in [0.2, 0.25) is 5.91 Å². The van der Waals surface area contributed by atoms with Gasteiger partial charge in [0.05, 0.1) is 0 Å². The van der Waals surface area contributed by atoms with Gasteiger partial charge in [-0.2, -0.15) is 0 Å². The average Bonchev–Trinajstić information content (AvgIpc) is 2.43. The summed E-state index contributed by atoms with van der Waals surface area (Å²) in [6.07, 6.45) is 1.66. The molecule has 0 bridgehead atoms. The number of hydrogen-bond donors (Lipinski definition) is 1. The highest BCUT2D eigenvalue weighted by Gasteiger charge is 2.14. The Balaban J connectivity index is 2.74. The second kappa shape index (κ2) is 8.83. The average molecular weight is 290 g/mol. The van der Waals surface area contributed by atoms with Crippen LogP contribution < -0.4 is 5.32 Å². The molecule has 3 nitrogen and oxygen atoms in total. The largest absolute Gasteiger partial charge is 0.355 e. The monoisotopic (exact) mass is 290 g/mol. The number of benzene rings is 1. The summed E-state index contributed by atoms with van der Waals surface area (Å²) in [6.45, 7) is 8.00. The van der Waals surface area contributed by atoms with Crippen molar-refractivity contribution in [3.63, 3.8) is 0 Å². The number of hydrogen-bond acceptors (Lipinski definition) is 2. The first-order valence-corrected chi connectivity index (χ1v) is 7.92. The van der Waals surface area contributed by atoms with Crippen molar-refractivity contribution in [2.45, 2.75) is 39.5 Å². The van der Waals surface area contributed by atoms with E-state index in [0.29, 0.717) is 24.8 Å². The highest BCUT2D eigenvalue weighted by molar-refractivity contribution is 5.75.